The number of aliphatic hydroxyl groups is 1. The summed E-state index contributed by atoms with van der Waals surface area (Å²) in [4.78, 5) is 0. The monoisotopic (exact) mass is 456 g/mol. The van der Waals surface area contributed by atoms with Crippen LogP contribution in [-0.2, 0) is 27.4 Å². The normalized spacial score (nSPS) is 27.2. The van der Waals surface area contributed by atoms with Crippen LogP contribution in [0.15, 0.2) is 61.2 Å². The van der Waals surface area contributed by atoms with E-state index in [0.29, 0.717) is 32.7 Å². The van der Waals surface area contributed by atoms with Crippen molar-refractivity contribution in [3.05, 3.63) is 72.3 Å². The van der Waals surface area contributed by atoms with E-state index in [1.165, 1.54) is 0 Å². The van der Waals surface area contributed by atoms with Crippen LogP contribution in [0.2, 0.25) is 0 Å². The molecule has 3 rings (SSSR count). The molecular weight excluding hydrogens is 420 g/mol. The van der Waals surface area contributed by atoms with Crippen LogP contribution in [0.4, 0.5) is 0 Å². The largest absolute Gasteiger partial charge is 0.497 e. The summed E-state index contributed by atoms with van der Waals surface area (Å²) in [5.74, 6) is 1.62. The summed E-state index contributed by atoms with van der Waals surface area (Å²) in [6, 6.07) is 15.6. The van der Waals surface area contributed by atoms with Crippen LogP contribution in [0.3, 0.4) is 0 Å². The third-order valence-electron chi connectivity index (χ3n) is 6.42. The lowest BCUT2D eigenvalue weighted by Crippen LogP contribution is -2.60. The standard InChI is InChI=1S/C27H36O6/c1-6-26(2)24(28)17-25(32-19-21-9-13-23(30-5)14-10-21)27(3,33-26)15-16-31-18-20-7-11-22(29-4)12-8-20/h6-14,24-25,28H,1,15-19H2,2-5H3/t24-,25+,26+,27-/m0/s1. The minimum absolute atomic E-state index is 0.299. The Hall–Kier alpha value is -2.38. The van der Waals surface area contributed by atoms with Gasteiger partial charge in [0, 0.05) is 19.4 Å². The Labute approximate surface area is 197 Å². The molecule has 0 spiro atoms. The van der Waals surface area contributed by atoms with E-state index in [2.05, 4.69) is 6.58 Å². The Bertz CT molecular complexity index is 880. The van der Waals surface area contributed by atoms with Gasteiger partial charge in [-0.15, -0.1) is 6.58 Å². The lowest BCUT2D eigenvalue weighted by molar-refractivity contribution is -0.262. The van der Waals surface area contributed by atoms with E-state index in [4.69, 9.17) is 23.7 Å². The molecule has 0 radical (unpaired) electrons. The van der Waals surface area contributed by atoms with Gasteiger partial charge in [0.05, 0.1) is 45.2 Å². The predicted molar refractivity (Wildman–Crippen MR) is 128 cm³/mol. The fourth-order valence-electron chi connectivity index (χ4n) is 4.06. The van der Waals surface area contributed by atoms with Crippen LogP contribution in [0.25, 0.3) is 0 Å². The zero-order valence-electron chi connectivity index (χ0n) is 20.1. The van der Waals surface area contributed by atoms with Gasteiger partial charge in [-0.05, 0) is 49.2 Å². The van der Waals surface area contributed by atoms with Crippen LogP contribution >= 0.6 is 0 Å². The zero-order chi connectivity index (χ0) is 23.9. The molecule has 0 saturated carbocycles. The number of aliphatic hydroxyl groups excluding tert-OH is 1. The third-order valence-corrected chi connectivity index (χ3v) is 6.42. The molecule has 0 amide bonds. The van der Waals surface area contributed by atoms with Crippen molar-refractivity contribution < 1.29 is 28.8 Å². The molecule has 4 atom stereocenters. The van der Waals surface area contributed by atoms with Crippen molar-refractivity contribution in [3.63, 3.8) is 0 Å². The number of benzene rings is 2. The number of rotatable bonds is 11. The molecule has 1 heterocycles. The first-order valence-corrected chi connectivity index (χ1v) is 11.3. The topological polar surface area (TPSA) is 66.4 Å². The van der Waals surface area contributed by atoms with Crippen molar-refractivity contribution in [2.75, 3.05) is 20.8 Å². The quantitative estimate of drug-likeness (QED) is 0.391. The lowest BCUT2D eigenvalue weighted by Gasteiger charge is -2.50. The fourth-order valence-corrected chi connectivity index (χ4v) is 4.06. The highest BCUT2D eigenvalue weighted by molar-refractivity contribution is 5.27. The molecule has 1 aliphatic heterocycles. The number of hydrogen-bond acceptors (Lipinski definition) is 6. The van der Waals surface area contributed by atoms with Crippen LogP contribution < -0.4 is 9.47 Å². The van der Waals surface area contributed by atoms with Gasteiger partial charge in [0.1, 0.15) is 17.1 Å². The molecule has 0 bridgehead atoms. The average Bonchev–Trinajstić information content (AvgIpc) is 2.84. The smallest absolute Gasteiger partial charge is 0.118 e. The fraction of sp³-hybridized carbons (Fsp3) is 0.481. The summed E-state index contributed by atoms with van der Waals surface area (Å²) in [5, 5.41) is 10.7. The molecule has 2 aromatic carbocycles. The second kappa shape index (κ2) is 11.2. The summed E-state index contributed by atoms with van der Waals surface area (Å²) in [7, 11) is 3.29. The maximum absolute atomic E-state index is 10.7. The van der Waals surface area contributed by atoms with Crippen molar-refractivity contribution in [1.29, 1.82) is 0 Å². The number of methoxy groups -OCH3 is 2. The van der Waals surface area contributed by atoms with Crippen molar-refractivity contribution in [3.8, 4) is 11.5 Å². The van der Waals surface area contributed by atoms with E-state index in [0.717, 1.165) is 22.6 Å². The minimum Gasteiger partial charge on any atom is -0.497 e. The number of hydrogen-bond donors (Lipinski definition) is 1. The van der Waals surface area contributed by atoms with Crippen LogP contribution in [0.5, 0.6) is 11.5 Å². The maximum atomic E-state index is 10.7. The number of ether oxygens (including phenoxy) is 5. The molecule has 2 aromatic rings. The second-order valence-corrected chi connectivity index (χ2v) is 8.85. The van der Waals surface area contributed by atoms with Crippen LogP contribution in [0, 0.1) is 0 Å². The predicted octanol–water partition coefficient (Wildman–Crippen LogP) is 4.68. The zero-order valence-corrected chi connectivity index (χ0v) is 20.1. The SMILES string of the molecule is C=C[C@@]1(C)O[C@@](C)(CCOCc2ccc(OC)cc2)[C@H](OCc2ccc(OC)cc2)C[C@@H]1O. The molecule has 0 unspecified atom stereocenters. The molecular formula is C27H36O6. The van der Waals surface area contributed by atoms with Crippen molar-refractivity contribution >= 4 is 0 Å². The van der Waals surface area contributed by atoms with E-state index in [1.807, 2.05) is 62.4 Å². The molecule has 0 aromatic heterocycles. The molecule has 0 aliphatic carbocycles. The van der Waals surface area contributed by atoms with Gasteiger partial charge in [-0.3, -0.25) is 0 Å². The molecule has 33 heavy (non-hydrogen) atoms. The summed E-state index contributed by atoms with van der Waals surface area (Å²) >= 11 is 0. The van der Waals surface area contributed by atoms with E-state index in [-0.39, 0.29) is 6.10 Å². The van der Waals surface area contributed by atoms with Crippen molar-refractivity contribution in [2.45, 2.75) is 63.3 Å². The maximum Gasteiger partial charge on any atom is 0.118 e. The van der Waals surface area contributed by atoms with Gasteiger partial charge >= 0.3 is 0 Å². The highest BCUT2D eigenvalue weighted by Crippen LogP contribution is 2.40. The van der Waals surface area contributed by atoms with Gasteiger partial charge in [-0.1, -0.05) is 30.3 Å². The summed E-state index contributed by atoms with van der Waals surface area (Å²) in [6.07, 6.45) is 1.74. The summed E-state index contributed by atoms with van der Waals surface area (Å²) in [5.41, 5.74) is 0.615. The van der Waals surface area contributed by atoms with Gasteiger partial charge in [0.25, 0.3) is 0 Å². The Morgan fingerprint density at radius 1 is 0.970 bits per heavy atom. The van der Waals surface area contributed by atoms with Crippen LogP contribution in [0.1, 0.15) is 37.8 Å². The average molecular weight is 457 g/mol. The lowest BCUT2D eigenvalue weighted by atomic mass is 9.81. The van der Waals surface area contributed by atoms with Gasteiger partial charge in [-0.25, -0.2) is 0 Å². The Morgan fingerprint density at radius 2 is 1.52 bits per heavy atom. The Kier molecular flexibility index (Phi) is 8.54. The molecule has 6 heteroatoms. The van der Waals surface area contributed by atoms with Gasteiger partial charge in [0.15, 0.2) is 0 Å². The second-order valence-electron chi connectivity index (χ2n) is 8.85. The van der Waals surface area contributed by atoms with Gasteiger partial charge < -0.3 is 28.8 Å². The molecule has 1 aliphatic rings. The van der Waals surface area contributed by atoms with E-state index in [1.54, 1.807) is 20.3 Å². The molecule has 180 valence electrons. The van der Waals surface area contributed by atoms with Crippen molar-refractivity contribution in [2.24, 2.45) is 0 Å². The van der Waals surface area contributed by atoms with E-state index >= 15 is 0 Å². The van der Waals surface area contributed by atoms with E-state index in [9.17, 15) is 5.11 Å². The van der Waals surface area contributed by atoms with Crippen molar-refractivity contribution in [1.82, 2.24) is 0 Å². The first kappa shape index (κ1) is 25.2. The van der Waals surface area contributed by atoms with Gasteiger partial charge in [-0.2, -0.15) is 0 Å². The first-order chi connectivity index (χ1) is 15.8. The minimum atomic E-state index is -0.843. The molecule has 6 nitrogen and oxygen atoms in total. The first-order valence-electron chi connectivity index (χ1n) is 11.3. The molecule has 1 saturated heterocycles. The third kappa shape index (κ3) is 6.36. The molecule has 1 N–H and O–H groups in total. The molecule has 1 fully saturated rings. The summed E-state index contributed by atoms with van der Waals surface area (Å²) in [6.45, 7) is 9.17. The van der Waals surface area contributed by atoms with E-state index < -0.39 is 17.3 Å². The highest BCUT2D eigenvalue weighted by Gasteiger charge is 2.50. The Balaban J connectivity index is 1.62. The van der Waals surface area contributed by atoms with Crippen LogP contribution in [-0.4, -0.2) is 49.3 Å². The summed E-state index contributed by atoms with van der Waals surface area (Å²) < 4.78 is 29.1. The Morgan fingerprint density at radius 3 is 2.03 bits per heavy atom. The van der Waals surface area contributed by atoms with Gasteiger partial charge in [0.2, 0.25) is 0 Å². The highest BCUT2D eigenvalue weighted by atomic mass is 16.6.